The predicted molar refractivity (Wildman–Crippen MR) is 180 cm³/mol. The smallest absolute Gasteiger partial charge is 0 e. The van der Waals surface area contributed by atoms with Gasteiger partial charge in [-0.25, -0.2) is 0 Å². The van der Waals surface area contributed by atoms with Crippen LogP contribution in [0.2, 0.25) is 0 Å². The normalized spacial score (nSPS) is 9.20. The van der Waals surface area contributed by atoms with Crippen molar-refractivity contribution in [2.45, 2.75) is 111 Å². The minimum Gasteiger partial charge on any atom is -1.00 e. The van der Waals surface area contributed by atoms with Gasteiger partial charge in [-0.2, -0.15) is 0 Å². The maximum atomic E-state index is 2.23. The second kappa shape index (κ2) is 22.0. The molecule has 0 aliphatic carbocycles. The molecule has 0 amide bonds. The molecular formula is C32H52Cl2P4Zr2-2. The molecule has 0 bridgehead atoms. The number of halogens is 2. The molecule has 4 aromatic heterocycles. The fourth-order valence-corrected chi connectivity index (χ4v) is 9.38. The molecule has 40 heavy (non-hydrogen) atoms. The quantitative estimate of drug-likeness (QED) is 0.211. The van der Waals surface area contributed by atoms with E-state index in [1.54, 1.807) is 42.4 Å². The third-order valence-corrected chi connectivity index (χ3v) is 14.2. The molecule has 0 aromatic carbocycles. The third kappa shape index (κ3) is 13.6. The van der Waals surface area contributed by atoms with Crippen LogP contribution in [-0.4, -0.2) is 0 Å². The molecule has 224 valence electrons. The molecule has 0 aliphatic heterocycles. The van der Waals surface area contributed by atoms with Gasteiger partial charge in [0.15, 0.2) is 0 Å². The monoisotopic (exact) mass is 810 g/mol. The largest absolute Gasteiger partial charge is 1.00 e. The SMILES string of the molecule is Cc1[pH]c(C)c(C)c1C.Cc1[pH]c(C)c(C)c1C.Cc1[pH]c(C)c(C)c1C.Cc1[pH]c(C)c(C)c1C.[Cl-].[Cl-].[Zr].[Zr]. The van der Waals surface area contributed by atoms with Crippen molar-refractivity contribution >= 4 is 32.8 Å². The van der Waals surface area contributed by atoms with Crippen molar-refractivity contribution in [3.05, 3.63) is 86.9 Å². The number of hydrogen-bond acceptors (Lipinski definition) is 0. The Morgan fingerprint density at radius 2 is 0.300 bits per heavy atom. The fraction of sp³-hybridized carbons (Fsp3) is 0.500. The van der Waals surface area contributed by atoms with E-state index in [0.717, 1.165) is 32.8 Å². The van der Waals surface area contributed by atoms with Gasteiger partial charge in [0.1, 0.15) is 0 Å². The van der Waals surface area contributed by atoms with Gasteiger partial charge in [-0.05, 0) is 198 Å². The molecule has 4 heterocycles. The molecular weight excluding hydrogens is 762 g/mol. The van der Waals surface area contributed by atoms with Crippen LogP contribution in [0.4, 0.5) is 0 Å². The summed E-state index contributed by atoms with van der Waals surface area (Å²) >= 11 is 0. The summed E-state index contributed by atoms with van der Waals surface area (Å²) in [7, 11) is 3.90. The standard InChI is InChI=1S/4C8H13P.2ClH.2Zr/c4*1-5-6(2)8(4)9-7(5)3;;;;/h4*9H,1-4H3;2*1H;;/p-2. The summed E-state index contributed by atoms with van der Waals surface area (Å²) in [5, 5.41) is 12.6. The molecule has 0 saturated heterocycles. The van der Waals surface area contributed by atoms with Gasteiger partial charge in [-0.15, -0.1) is 32.8 Å². The van der Waals surface area contributed by atoms with Crippen molar-refractivity contribution in [3.63, 3.8) is 0 Å². The first kappa shape index (κ1) is 48.4. The van der Waals surface area contributed by atoms with Crippen molar-refractivity contribution in [1.82, 2.24) is 0 Å². The first-order chi connectivity index (χ1) is 16.5. The van der Waals surface area contributed by atoms with Crippen molar-refractivity contribution in [2.24, 2.45) is 0 Å². The number of rotatable bonds is 0. The molecule has 0 nitrogen and oxygen atoms in total. The zero-order valence-electron chi connectivity index (χ0n) is 27.8. The molecule has 4 rings (SSSR count). The van der Waals surface area contributed by atoms with Crippen LogP contribution < -0.4 is 24.8 Å². The topological polar surface area (TPSA) is 0 Å². The van der Waals surface area contributed by atoms with Gasteiger partial charge in [0.05, 0.1) is 0 Å². The van der Waals surface area contributed by atoms with E-state index in [4.69, 9.17) is 0 Å². The average molecular weight is 814 g/mol. The Bertz CT molecular complexity index is 1020. The van der Waals surface area contributed by atoms with Gasteiger partial charge in [0.25, 0.3) is 0 Å². The van der Waals surface area contributed by atoms with E-state index in [1.165, 1.54) is 44.5 Å². The second-order valence-electron chi connectivity index (χ2n) is 10.5. The molecule has 0 radical (unpaired) electrons. The Morgan fingerprint density at radius 1 is 0.225 bits per heavy atom. The molecule has 0 aliphatic rings. The Balaban J connectivity index is -0.000000209. The molecule has 8 heteroatoms. The summed E-state index contributed by atoms with van der Waals surface area (Å²) in [4.78, 5) is 0. The van der Waals surface area contributed by atoms with E-state index in [1.807, 2.05) is 0 Å². The van der Waals surface area contributed by atoms with Crippen LogP contribution in [0.3, 0.4) is 0 Å². The van der Waals surface area contributed by atoms with Crippen LogP contribution in [-0.2, 0) is 52.4 Å². The minimum absolute atomic E-state index is 0. The first-order valence-electron chi connectivity index (χ1n) is 13.0. The minimum atomic E-state index is 0. The molecule has 0 atom stereocenters. The van der Waals surface area contributed by atoms with E-state index in [2.05, 4.69) is 111 Å². The maximum absolute atomic E-state index is 2.23. The predicted octanol–water partition coefficient (Wildman–Crippen LogP) is 5.81. The zero-order chi connectivity index (χ0) is 28.1. The number of hydrogen-bond donors (Lipinski definition) is 0. The van der Waals surface area contributed by atoms with Crippen molar-refractivity contribution in [3.8, 4) is 0 Å². The Hall–Kier alpha value is 1.47. The summed E-state index contributed by atoms with van der Waals surface area (Å²) in [6.45, 7) is 35.6. The van der Waals surface area contributed by atoms with Crippen LogP contribution in [0.15, 0.2) is 0 Å². The summed E-state index contributed by atoms with van der Waals surface area (Å²) in [6, 6.07) is 0. The van der Waals surface area contributed by atoms with Gasteiger partial charge in [0.2, 0.25) is 0 Å². The first-order valence-corrected chi connectivity index (χ1v) is 17.0. The van der Waals surface area contributed by atoms with E-state index >= 15 is 0 Å². The number of aryl methyl sites for hydroxylation is 8. The molecule has 0 fully saturated rings. The van der Waals surface area contributed by atoms with Crippen LogP contribution in [0.1, 0.15) is 86.9 Å². The van der Waals surface area contributed by atoms with Crippen LogP contribution in [0.25, 0.3) is 0 Å². The Morgan fingerprint density at radius 3 is 0.325 bits per heavy atom. The zero-order valence-corrected chi connectivity index (χ0v) is 38.2. The molecule has 0 saturated carbocycles. The van der Waals surface area contributed by atoms with Gasteiger partial charge < -0.3 is 24.8 Å². The Labute approximate surface area is 304 Å². The van der Waals surface area contributed by atoms with Gasteiger partial charge in [-0.3, -0.25) is 0 Å². The van der Waals surface area contributed by atoms with E-state index in [9.17, 15) is 0 Å². The molecule has 0 unspecified atom stereocenters. The summed E-state index contributed by atoms with van der Waals surface area (Å²) < 4.78 is 0. The maximum Gasteiger partial charge on any atom is 0 e. The molecule has 4 aromatic rings. The summed E-state index contributed by atoms with van der Waals surface area (Å²) in [5.74, 6) is 0. The van der Waals surface area contributed by atoms with Crippen molar-refractivity contribution in [1.29, 1.82) is 0 Å². The van der Waals surface area contributed by atoms with Gasteiger partial charge >= 0.3 is 0 Å². The van der Waals surface area contributed by atoms with E-state index in [-0.39, 0.29) is 77.2 Å². The second-order valence-corrected chi connectivity index (χ2v) is 17.5. The van der Waals surface area contributed by atoms with Crippen molar-refractivity contribution < 1.29 is 77.2 Å². The summed E-state index contributed by atoms with van der Waals surface area (Å²) in [6.07, 6.45) is 0. The van der Waals surface area contributed by atoms with Gasteiger partial charge in [-0.1, -0.05) is 0 Å². The van der Waals surface area contributed by atoms with Gasteiger partial charge in [0, 0.05) is 52.4 Å². The van der Waals surface area contributed by atoms with E-state index in [0.29, 0.717) is 0 Å². The van der Waals surface area contributed by atoms with Crippen molar-refractivity contribution in [2.75, 3.05) is 0 Å². The van der Waals surface area contributed by atoms with Crippen LogP contribution in [0.5, 0.6) is 0 Å². The Kier molecular flexibility index (Phi) is 26.7. The molecule has 0 spiro atoms. The summed E-state index contributed by atoms with van der Waals surface area (Å²) in [5.41, 5.74) is 12.2. The fourth-order valence-electron chi connectivity index (χ4n) is 4.12. The van der Waals surface area contributed by atoms with E-state index < -0.39 is 0 Å². The average Bonchev–Trinajstić information content (AvgIpc) is 3.37. The van der Waals surface area contributed by atoms with Crippen LogP contribution >= 0.6 is 32.8 Å². The third-order valence-electron chi connectivity index (χ3n) is 8.25. The van der Waals surface area contributed by atoms with Crippen LogP contribution in [0, 0.1) is 111 Å². The molecule has 0 N–H and O–H groups in total.